The quantitative estimate of drug-likeness (QED) is 0.599. The molecule has 0 unspecified atom stereocenters. The van der Waals surface area contributed by atoms with Crippen LogP contribution >= 0.6 is 0 Å². The Morgan fingerprint density at radius 1 is 1.14 bits per heavy atom. The Kier molecular flexibility index (Phi) is 4.98. The van der Waals surface area contributed by atoms with E-state index in [1.54, 1.807) is 36.8 Å². The van der Waals surface area contributed by atoms with E-state index < -0.39 is 0 Å². The number of β-amino-alcohol motifs (C(OH)–C–C–N with tert-alkyl or cyclic N) is 1. The average molecular weight is 381 g/mol. The molecule has 0 spiro atoms. The van der Waals surface area contributed by atoms with Crippen LogP contribution in [-0.4, -0.2) is 44.2 Å². The van der Waals surface area contributed by atoms with Gasteiger partial charge in [-0.3, -0.25) is 4.98 Å². The molecule has 2 aromatic heterocycles. The van der Waals surface area contributed by atoms with E-state index in [1.807, 2.05) is 11.8 Å². The van der Waals surface area contributed by atoms with Crippen molar-refractivity contribution in [3.8, 4) is 0 Å². The summed E-state index contributed by atoms with van der Waals surface area (Å²) in [5.41, 5.74) is 0.915. The Labute approximate surface area is 161 Å². The number of benzene rings is 1. The summed E-state index contributed by atoms with van der Waals surface area (Å²) in [4.78, 5) is 19.3. The predicted molar refractivity (Wildman–Crippen MR) is 104 cm³/mol. The van der Waals surface area contributed by atoms with E-state index in [4.69, 9.17) is 0 Å². The molecule has 3 heterocycles. The van der Waals surface area contributed by atoms with E-state index in [-0.39, 0.29) is 18.0 Å². The van der Waals surface area contributed by atoms with E-state index in [2.05, 4.69) is 30.6 Å². The predicted octanol–water partition coefficient (Wildman–Crippen LogP) is 2.50. The van der Waals surface area contributed by atoms with Crippen molar-refractivity contribution in [1.82, 2.24) is 19.9 Å². The van der Waals surface area contributed by atoms with Gasteiger partial charge in [-0.15, -0.1) is 0 Å². The fourth-order valence-electron chi connectivity index (χ4n) is 2.89. The van der Waals surface area contributed by atoms with Crippen molar-refractivity contribution in [1.29, 1.82) is 0 Å². The Morgan fingerprint density at radius 3 is 2.61 bits per heavy atom. The van der Waals surface area contributed by atoms with Crippen molar-refractivity contribution in [3.05, 3.63) is 60.3 Å². The summed E-state index contributed by atoms with van der Waals surface area (Å²) in [5.74, 6) is 1.96. The SMILES string of the molecule is C[C@H](Nc1nc(Nc2cnccn2)cc(N2CC(O)C2)n1)c1ccc(F)cc1. The maximum atomic E-state index is 13.2. The van der Waals surface area contributed by atoms with Crippen molar-refractivity contribution in [2.24, 2.45) is 0 Å². The van der Waals surface area contributed by atoms with Crippen LogP contribution in [0, 0.1) is 5.82 Å². The molecule has 0 aliphatic carbocycles. The zero-order chi connectivity index (χ0) is 19.5. The highest BCUT2D eigenvalue weighted by Crippen LogP contribution is 2.26. The standard InChI is InChI=1S/C19H20FN7O/c1-12(13-2-4-14(20)5-3-13)23-19-25-16(24-17-9-21-6-7-22-17)8-18(26-19)27-10-15(28)11-27/h2-9,12,15,28H,10-11H2,1H3,(H2,22,23,24,25,26)/t12-/m0/s1. The van der Waals surface area contributed by atoms with E-state index >= 15 is 0 Å². The summed E-state index contributed by atoms with van der Waals surface area (Å²) in [6.07, 6.45) is 4.44. The van der Waals surface area contributed by atoms with Crippen LogP contribution in [0.3, 0.4) is 0 Å². The van der Waals surface area contributed by atoms with Gasteiger partial charge in [0.25, 0.3) is 0 Å². The minimum absolute atomic E-state index is 0.123. The minimum atomic E-state index is -0.346. The number of halogens is 1. The first-order valence-electron chi connectivity index (χ1n) is 8.94. The number of aromatic nitrogens is 4. The first-order valence-corrected chi connectivity index (χ1v) is 8.94. The number of anilines is 4. The molecule has 3 N–H and O–H groups in total. The Hall–Kier alpha value is -3.33. The summed E-state index contributed by atoms with van der Waals surface area (Å²) in [7, 11) is 0. The van der Waals surface area contributed by atoms with Crippen molar-refractivity contribution in [2.75, 3.05) is 28.6 Å². The van der Waals surface area contributed by atoms with Gasteiger partial charge in [0, 0.05) is 31.5 Å². The van der Waals surface area contributed by atoms with Crippen LogP contribution in [-0.2, 0) is 0 Å². The second-order valence-corrected chi connectivity index (χ2v) is 6.63. The van der Waals surface area contributed by atoms with Gasteiger partial charge < -0.3 is 20.6 Å². The lowest BCUT2D eigenvalue weighted by Gasteiger charge is -2.37. The molecule has 0 bridgehead atoms. The van der Waals surface area contributed by atoms with E-state index in [0.717, 1.165) is 5.56 Å². The smallest absolute Gasteiger partial charge is 0.227 e. The lowest BCUT2D eigenvalue weighted by atomic mass is 10.1. The molecule has 4 rings (SSSR count). The lowest BCUT2D eigenvalue weighted by molar-refractivity contribution is 0.141. The van der Waals surface area contributed by atoms with Crippen molar-refractivity contribution >= 4 is 23.4 Å². The number of nitrogens with zero attached hydrogens (tertiary/aromatic N) is 5. The van der Waals surface area contributed by atoms with E-state index in [9.17, 15) is 9.50 Å². The molecule has 9 heteroatoms. The summed E-state index contributed by atoms with van der Waals surface area (Å²) in [6.45, 7) is 3.00. The molecule has 0 saturated carbocycles. The highest BCUT2D eigenvalue weighted by atomic mass is 19.1. The van der Waals surface area contributed by atoms with E-state index in [1.165, 1.54) is 12.1 Å². The number of nitrogens with one attached hydrogen (secondary N) is 2. The first-order chi connectivity index (χ1) is 13.6. The van der Waals surface area contributed by atoms with E-state index in [0.29, 0.717) is 36.5 Å². The fourth-order valence-corrected chi connectivity index (χ4v) is 2.89. The van der Waals surface area contributed by atoms with Crippen LogP contribution < -0.4 is 15.5 Å². The molecule has 1 atom stereocenters. The van der Waals surface area contributed by atoms with Gasteiger partial charge in [-0.05, 0) is 24.6 Å². The maximum Gasteiger partial charge on any atom is 0.227 e. The molecule has 28 heavy (non-hydrogen) atoms. The second kappa shape index (κ2) is 7.73. The van der Waals surface area contributed by atoms with Crippen LogP contribution in [0.15, 0.2) is 48.9 Å². The van der Waals surface area contributed by atoms with Crippen LogP contribution in [0.5, 0.6) is 0 Å². The normalized spacial score (nSPS) is 15.0. The van der Waals surface area contributed by atoms with Gasteiger partial charge in [0.1, 0.15) is 23.3 Å². The largest absolute Gasteiger partial charge is 0.389 e. The molecule has 1 fully saturated rings. The third kappa shape index (κ3) is 4.15. The third-order valence-corrected chi connectivity index (χ3v) is 4.43. The molecule has 144 valence electrons. The third-order valence-electron chi connectivity index (χ3n) is 4.43. The number of hydrogen-bond acceptors (Lipinski definition) is 8. The van der Waals surface area contributed by atoms with Gasteiger partial charge in [-0.2, -0.15) is 9.97 Å². The number of aliphatic hydroxyl groups excluding tert-OH is 1. The summed E-state index contributed by atoms with van der Waals surface area (Å²) >= 11 is 0. The fraction of sp³-hybridized carbons (Fsp3) is 0.263. The topological polar surface area (TPSA) is 99.1 Å². The molecule has 0 amide bonds. The van der Waals surface area contributed by atoms with Gasteiger partial charge in [0.05, 0.1) is 18.3 Å². The molecule has 0 radical (unpaired) electrons. The molecular formula is C19H20FN7O. The van der Waals surface area contributed by atoms with Crippen LogP contribution in [0.25, 0.3) is 0 Å². The van der Waals surface area contributed by atoms with Gasteiger partial charge in [-0.1, -0.05) is 12.1 Å². The minimum Gasteiger partial charge on any atom is -0.389 e. The van der Waals surface area contributed by atoms with Gasteiger partial charge >= 0.3 is 0 Å². The van der Waals surface area contributed by atoms with Crippen molar-refractivity contribution in [2.45, 2.75) is 19.1 Å². The first kappa shape index (κ1) is 18.1. The molecule has 8 nitrogen and oxygen atoms in total. The van der Waals surface area contributed by atoms with Crippen LogP contribution in [0.2, 0.25) is 0 Å². The van der Waals surface area contributed by atoms with Gasteiger partial charge in [0.15, 0.2) is 0 Å². The molecule has 1 aliphatic rings. The highest BCUT2D eigenvalue weighted by molar-refractivity contribution is 5.60. The molecular weight excluding hydrogens is 361 g/mol. The zero-order valence-electron chi connectivity index (χ0n) is 15.2. The Bertz CT molecular complexity index is 933. The van der Waals surface area contributed by atoms with Gasteiger partial charge in [0.2, 0.25) is 5.95 Å². The summed E-state index contributed by atoms with van der Waals surface area (Å²) in [6, 6.07) is 7.97. The molecule has 1 saturated heterocycles. The van der Waals surface area contributed by atoms with Crippen LogP contribution in [0.4, 0.5) is 27.8 Å². The Balaban J connectivity index is 1.58. The van der Waals surface area contributed by atoms with Crippen LogP contribution in [0.1, 0.15) is 18.5 Å². The lowest BCUT2D eigenvalue weighted by Crippen LogP contribution is -2.51. The van der Waals surface area contributed by atoms with Crippen molar-refractivity contribution < 1.29 is 9.50 Å². The molecule has 1 aromatic carbocycles. The maximum absolute atomic E-state index is 13.2. The average Bonchev–Trinajstić information content (AvgIpc) is 2.66. The number of rotatable bonds is 6. The summed E-state index contributed by atoms with van der Waals surface area (Å²) < 4.78 is 13.2. The summed E-state index contributed by atoms with van der Waals surface area (Å²) in [5, 5.41) is 16.0. The monoisotopic (exact) mass is 381 g/mol. The zero-order valence-corrected chi connectivity index (χ0v) is 15.2. The Morgan fingerprint density at radius 2 is 1.93 bits per heavy atom. The highest BCUT2D eigenvalue weighted by Gasteiger charge is 2.26. The number of aliphatic hydroxyl groups is 1. The second-order valence-electron chi connectivity index (χ2n) is 6.63. The molecule has 1 aliphatic heterocycles. The van der Waals surface area contributed by atoms with Crippen molar-refractivity contribution in [3.63, 3.8) is 0 Å². The number of hydrogen-bond donors (Lipinski definition) is 3. The molecule has 3 aromatic rings. The van der Waals surface area contributed by atoms with Gasteiger partial charge in [-0.25, -0.2) is 9.37 Å².